The topological polar surface area (TPSA) is 102 Å². The maximum Gasteiger partial charge on any atom is 0.354 e. The number of carbonyl (C=O) groups is 2. The van der Waals surface area contributed by atoms with Crippen LogP contribution in [0, 0.1) is 6.92 Å². The van der Waals surface area contributed by atoms with Crippen LogP contribution >= 0.6 is 11.6 Å². The minimum atomic E-state index is -1.16. The predicted molar refractivity (Wildman–Crippen MR) is 100 cm³/mol. The molecule has 0 fully saturated rings. The molecule has 1 unspecified atom stereocenters. The van der Waals surface area contributed by atoms with Crippen molar-refractivity contribution in [3.63, 3.8) is 0 Å². The van der Waals surface area contributed by atoms with Crippen molar-refractivity contribution in [2.75, 3.05) is 5.32 Å². The molecule has 27 heavy (non-hydrogen) atoms. The van der Waals surface area contributed by atoms with Crippen LogP contribution in [-0.4, -0.2) is 36.5 Å². The molecule has 0 bridgehead atoms. The van der Waals surface area contributed by atoms with Crippen molar-refractivity contribution in [3.05, 3.63) is 64.6 Å². The van der Waals surface area contributed by atoms with Crippen LogP contribution in [0.1, 0.15) is 34.6 Å². The van der Waals surface area contributed by atoms with Gasteiger partial charge in [0.25, 0.3) is 0 Å². The minimum absolute atomic E-state index is 0.0753. The van der Waals surface area contributed by atoms with Gasteiger partial charge in [-0.15, -0.1) is 0 Å². The Hall–Kier alpha value is -3.13. The molecule has 0 saturated heterocycles. The minimum Gasteiger partial charge on any atom is -0.477 e. The molecule has 1 atom stereocenters. The van der Waals surface area contributed by atoms with Crippen molar-refractivity contribution in [1.29, 1.82) is 0 Å². The lowest BCUT2D eigenvalue weighted by Gasteiger charge is -2.13. The first-order chi connectivity index (χ1) is 12.8. The van der Waals surface area contributed by atoms with Crippen LogP contribution in [0.2, 0.25) is 5.02 Å². The fraction of sp³-hybridized carbons (Fsp3) is 0.222. The first kappa shape index (κ1) is 18.7. The summed E-state index contributed by atoms with van der Waals surface area (Å²) < 4.78 is 2.76. The van der Waals surface area contributed by atoms with E-state index in [-0.39, 0.29) is 11.5 Å². The molecule has 0 saturated carbocycles. The third kappa shape index (κ3) is 4.17. The number of hydrogen-bond donors (Lipinski definition) is 2. The molecule has 2 N–H and O–H groups in total. The first-order valence-electron chi connectivity index (χ1n) is 8.21. The van der Waals surface area contributed by atoms with Crippen molar-refractivity contribution in [2.45, 2.75) is 26.4 Å². The van der Waals surface area contributed by atoms with Gasteiger partial charge < -0.3 is 10.4 Å². The van der Waals surface area contributed by atoms with Gasteiger partial charge in [0.05, 0.1) is 6.54 Å². The van der Waals surface area contributed by atoms with Gasteiger partial charge in [0.15, 0.2) is 5.82 Å². The summed E-state index contributed by atoms with van der Waals surface area (Å²) in [5.74, 6) is -1.42. The number of carboxylic acids is 1. The summed E-state index contributed by atoms with van der Waals surface area (Å²) in [7, 11) is 0. The standard InChI is InChI=1S/C18H18ClN5O3/c1-11-3-5-13(6-4-11)9-23-10-14(19)16(22-23)21-17(25)12(2)24-15(18(26)27)7-8-20-24/h3-8,10,12H,9H2,1-2H3,(H,26,27)(H,21,22,25). The molecule has 140 valence electrons. The van der Waals surface area contributed by atoms with Crippen LogP contribution in [0.3, 0.4) is 0 Å². The van der Waals surface area contributed by atoms with Gasteiger partial charge in [0.2, 0.25) is 5.91 Å². The summed E-state index contributed by atoms with van der Waals surface area (Å²) in [6.45, 7) is 4.07. The summed E-state index contributed by atoms with van der Waals surface area (Å²) in [5, 5.41) is 20.3. The summed E-state index contributed by atoms with van der Waals surface area (Å²) >= 11 is 6.18. The molecule has 0 spiro atoms. The van der Waals surface area contributed by atoms with E-state index in [1.807, 2.05) is 31.2 Å². The number of halogens is 1. The second kappa shape index (κ2) is 7.63. The van der Waals surface area contributed by atoms with E-state index >= 15 is 0 Å². The molecule has 3 rings (SSSR count). The SMILES string of the molecule is Cc1ccc(Cn2cc(Cl)c(NC(=O)C(C)n3nccc3C(=O)O)n2)cc1. The monoisotopic (exact) mass is 387 g/mol. The molecule has 0 aliphatic rings. The smallest absolute Gasteiger partial charge is 0.354 e. The van der Waals surface area contributed by atoms with Gasteiger partial charge in [-0.3, -0.25) is 9.48 Å². The molecule has 0 aliphatic carbocycles. The molecule has 8 nitrogen and oxygen atoms in total. The molecule has 9 heteroatoms. The highest BCUT2D eigenvalue weighted by atomic mass is 35.5. The molecular weight excluding hydrogens is 370 g/mol. The van der Waals surface area contributed by atoms with E-state index in [0.717, 1.165) is 10.2 Å². The highest BCUT2D eigenvalue weighted by Crippen LogP contribution is 2.22. The van der Waals surface area contributed by atoms with Crippen molar-refractivity contribution in [3.8, 4) is 0 Å². The Kier molecular flexibility index (Phi) is 5.27. The van der Waals surface area contributed by atoms with Gasteiger partial charge in [0, 0.05) is 12.4 Å². The van der Waals surface area contributed by atoms with Gasteiger partial charge in [-0.25, -0.2) is 9.48 Å². The molecule has 1 aromatic carbocycles. The van der Waals surface area contributed by atoms with Crippen molar-refractivity contribution in [2.24, 2.45) is 0 Å². The average Bonchev–Trinajstić information content (AvgIpc) is 3.23. The second-order valence-electron chi connectivity index (χ2n) is 6.14. The van der Waals surface area contributed by atoms with E-state index < -0.39 is 17.9 Å². The Morgan fingerprint density at radius 1 is 1.26 bits per heavy atom. The number of amides is 1. The maximum absolute atomic E-state index is 12.5. The number of carbonyl (C=O) groups excluding carboxylic acids is 1. The van der Waals surface area contributed by atoms with Crippen LogP contribution in [0.5, 0.6) is 0 Å². The third-order valence-electron chi connectivity index (χ3n) is 4.06. The van der Waals surface area contributed by atoms with Crippen molar-refractivity contribution < 1.29 is 14.7 Å². The van der Waals surface area contributed by atoms with E-state index in [4.69, 9.17) is 16.7 Å². The predicted octanol–water partition coefficient (Wildman–Crippen LogP) is 2.99. The number of carboxylic acid groups (broad SMARTS) is 1. The fourth-order valence-corrected chi connectivity index (χ4v) is 2.77. The third-order valence-corrected chi connectivity index (χ3v) is 4.34. The Morgan fingerprint density at radius 2 is 1.96 bits per heavy atom. The zero-order valence-corrected chi connectivity index (χ0v) is 15.5. The number of benzene rings is 1. The lowest BCUT2D eigenvalue weighted by molar-refractivity contribution is -0.119. The molecule has 0 radical (unpaired) electrons. The second-order valence-corrected chi connectivity index (χ2v) is 6.55. The van der Waals surface area contributed by atoms with Crippen LogP contribution in [-0.2, 0) is 11.3 Å². The molecular formula is C18H18ClN5O3. The Labute approximate surface area is 160 Å². The van der Waals surface area contributed by atoms with Gasteiger partial charge in [-0.2, -0.15) is 10.2 Å². The number of anilines is 1. The lowest BCUT2D eigenvalue weighted by atomic mass is 10.1. The van der Waals surface area contributed by atoms with E-state index in [9.17, 15) is 9.59 Å². The Morgan fingerprint density at radius 3 is 2.63 bits per heavy atom. The Bertz CT molecular complexity index is 977. The quantitative estimate of drug-likeness (QED) is 0.677. The van der Waals surface area contributed by atoms with Crippen LogP contribution < -0.4 is 5.32 Å². The van der Waals surface area contributed by atoms with Gasteiger partial charge >= 0.3 is 5.97 Å². The first-order valence-corrected chi connectivity index (χ1v) is 8.59. The van der Waals surface area contributed by atoms with E-state index in [1.165, 1.54) is 17.8 Å². The fourth-order valence-electron chi connectivity index (χ4n) is 2.57. The summed E-state index contributed by atoms with van der Waals surface area (Å²) in [6.07, 6.45) is 2.95. The van der Waals surface area contributed by atoms with Crippen molar-refractivity contribution >= 4 is 29.3 Å². The number of nitrogens with zero attached hydrogens (tertiary/aromatic N) is 4. The maximum atomic E-state index is 12.5. The van der Waals surface area contributed by atoms with Gasteiger partial charge in [0.1, 0.15) is 16.8 Å². The zero-order chi connectivity index (χ0) is 19.6. The Balaban J connectivity index is 1.72. The molecule has 2 aromatic heterocycles. The summed E-state index contributed by atoms with van der Waals surface area (Å²) in [4.78, 5) is 23.7. The molecule has 0 aliphatic heterocycles. The highest BCUT2D eigenvalue weighted by molar-refractivity contribution is 6.33. The molecule has 3 aromatic rings. The van der Waals surface area contributed by atoms with Crippen molar-refractivity contribution in [1.82, 2.24) is 19.6 Å². The van der Waals surface area contributed by atoms with E-state index in [2.05, 4.69) is 15.5 Å². The largest absolute Gasteiger partial charge is 0.477 e. The summed E-state index contributed by atoms with van der Waals surface area (Å²) in [5.41, 5.74) is 2.14. The highest BCUT2D eigenvalue weighted by Gasteiger charge is 2.23. The summed E-state index contributed by atoms with van der Waals surface area (Å²) in [6, 6.07) is 8.50. The number of hydrogen-bond acceptors (Lipinski definition) is 4. The lowest BCUT2D eigenvalue weighted by Crippen LogP contribution is -2.27. The van der Waals surface area contributed by atoms with Crippen LogP contribution in [0.4, 0.5) is 5.82 Å². The number of rotatable bonds is 6. The van der Waals surface area contributed by atoms with Crippen LogP contribution in [0.25, 0.3) is 0 Å². The van der Waals surface area contributed by atoms with Gasteiger partial charge in [-0.1, -0.05) is 41.4 Å². The normalized spacial score (nSPS) is 12.0. The molecule has 1 amide bonds. The van der Waals surface area contributed by atoms with E-state index in [1.54, 1.807) is 17.8 Å². The zero-order valence-electron chi connectivity index (χ0n) is 14.8. The van der Waals surface area contributed by atoms with Crippen LogP contribution in [0.15, 0.2) is 42.7 Å². The number of nitrogens with one attached hydrogen (secondary N) is 1. The number of aromatic nitrogens is 4. The number of aromatic carboxylic acids is 1. The molecule has 2 heterocycles. The average molecular weight is 388 g/mol. The number of aryl methyl sites for hydroxylation is 1. The van der Waals surface area contributed by atoms with Gasteiger partial charge in [-0.05, 0) is 25.5 Å². The van der Waals surface area contributed by atoms with E-state index in [0.29, 0.717) is 11.6 Å².